The number of thioether (sulfide) groups is 1. The maximum absolute atomic E-state index is 13.1. The summed E-state index contributed by atoms with van der Waals surface area (Å²) in [5, 5.41) is 0.700. The number of hydrogen-bond donors (Lipinski definition) is 0. The molecule has 0 unspecified atom stereocenters. The van der Waals surface area contributed by atoms with E-state index in [-0.39, 0.29) is 5.91 Å². The Labute approximate surface area is 205 Å². The lowest BCUT2D eigenvalue weighted by Gasteiger charge is -2.13. The van der Waals surface area contributed by atoms with E-state index in [1.54, 1.807) is 12.0 Å². The van der Waals surface area contributed by atoms with Crippen LogP contribution in [-0.2, 0) is 11.4 Å². The summed E-state index contributed by atoms with van der Waals surface area (Å²) in [6, 6.07) is 21.8. The van der Waals surface area contributed by atoms with Crippen LogP contribution in [0.4, 0.5) is 5.69 Å². The molecule has 1 amide bonds. The highest BCUT2D eigenvalue weighted by Gasteiger charge is 2.32. The molecule has 174 valence electrons. The van der Waals surface area contributed by atoms with Gasteiger partial charge in [0.15, 0.2) is 16.7 Å². The molecule has 0 radical (unpaired) electrons. The average Bonchev–Trinajstić information content (AvgIpc) is 3.14. The molecule has 34 heavy (non-hydrogen) atoms. The van der Waals surface area contributed by atoms with Gasteiger partial charge in [-0.25, -0.2) is 4.99 Å². The number of likely N-dealkylation sites (N-methyl/N-ethyl adjacent to an activating group) is 1. The molecule has 1 aliphatic heterocycles. The van der Waals surface area contributed by atoms with Crippen LogP contribution in [0, 0.1) is 13.8 Å². The van der Waals surface area contributed by atoms with E-state index in [1.165, 1.54) is 11.8 Å². The minimum Gasteiger partial charge on any atom is -0.493 e. The minimum atomic E-state index is -0.0409. The molecule has 0 atom stereocenters. The van der Waals surface area contributed by atoms with Gasteiger partial charge in [-0.2, -0.15) is 0 Å². The smallest absolute Gasteiger partial charge is 0.266 e. The van der Waals surface area contributed by atoms with Gasteiger partial charge >= 0.3 is 0 Å². The van der Waals surface area contributed by atoms with Crippen LogP contribution in [-0.4, -0.2) is 29.6 Å². The van der Waals surface area contributed by atoms with Crippen LogP contribution in [0.25, 0.3) is 6.08 Å². The normalized spacial score (nSPS) is 15.9. The lowest BCUT2D eigenvalue weighted by Crippen LogP contribution is -2.28. The number of benzene rings is 3. The van der Waals surface area contributed by atoms with Gasteiger partial charge in [-0.3, -0.25) is 9.69 Å². The Balaban J connectivity index is 1.58. The van der Waals surface area contributed by atoms with Crippen LogP contribution in [0.2, 0.25) is 0 Å². The second-order valence-corrected chi connectivity index (χ2v) is 8.99. The summed E-state index contributed by atoms with van der Waals surface area (Å²) < 4.78 is 11.5. The molecule has 0 aliphatic carbocycles. The Bertz CT molecular complexity index is 1230. The van der Waals surface area contributed by atoms with Crippen LogP contribution in [0.1, 0.15) is 29.2 Å². The molecule has 0 spiro atoms. The third-order valence-corrected chi connectivity index (χ3v) is 6.58. The van der Waals surface area contributed by atoms with Crippen LogP contribution in [0.3, 0.4) is 0 Å². The number of para-hydroxylation sites is 1. The summed E-state index contributed by atoms with van der Waals surface area (Å²) in [7, 11) is 1.62. The molecular formula is C28H28N2O3S. The number of rotatable bonds is 7. The van der Waals surface area contributed by atoms with Gasteiger partial charge in [0.25, 0.3) is 5.91 Å². The average molecular weight is 473 g/mol. The van der Waals surface area contributed by atoms with Gasteiger partial charge in [-0.05, 0) is 73.0 Å². The predicted octanol–water partition coefficient (Wildman–Crippen LogP) is 6.51. The Morgan fingerprint density at radius 2 is 1.71 bits per heavy atom. The number of ether oxygens (including phenoxy) is 2. The summed E-state index contributed by atoms with van der Waals surface area (Å²) in [4.78, 5) is 20.3. The number of carbonyl (C=O) groups excluding carboxylic acids is 1. The molecule has 0 bridgehead atoms. The third kappa shape index (κ3) is 5.18. The second kappa shape index (κ2) is 10.6. The molecule has 1 heterocycles. The van der Waals surface area contributed by atoms with Gasteiger partial charge in [-0.1, -0.05) is 54.6 Å². The van der Waals surface area contributed by atoms with E-state index >= 15 is 0 Å². The lowest BCUT2D eigenvalue weighted by molar-refractivity contribution is -0.122. The first-order valence-electron chi connectivity index (χ1n) is 11.2. The highest BCUT2D eigenvalue weighted by atomic mass is 32.2. The number of aliphatic imine (C=N–C) groups is 1. The molecule has 1 aliphatic rings. The highest BCUT2D eigenvalue weighted by Crippen LogP contribution is 2.37. The van der Waals surface area contributed by atoms with E-state index in [4.69, 9.17) is 14.5 Å². The number of amidine groups is 1. The molecule has 1 saturated heterocycles. The molecule has 0 N–H and O–H groups in total. The van der Waals surface area contributed by atoms with Crippen molar-refractivity contribution in [3.8, 4) is 11.5 Å². The number of aryl methyl sites for hydroxylation is 2. The van der Waals surface area contributed by atoms with Crippen LogP contribution in [0.15, 0.2) is 76.6 Å². The van der Waals surface area contributed by atoms with Gasteiger partial charge in [-0.15, -0.1) is 0 Å². The lowest BCUT2D eigenvalue weighted by atomic mass is 10.1. The molecule has 0 saturated carbocycles. The first kappa shape index (κ1) is 23.6. The first-order valence-corrected chi connectivity index (χ1v) is 12.0. The van der Waals surface area contributed by atoms with Crippen LogP contribution < -0.4 is 9.47 Å². The zero-order valence-electron chi connectivity index (χ0n) is 19.9. The summed E-state index contributed by atoms with van der Waals surface area (Å²) in [6.45, 7) is 7.05. The zero-order valence-corrected chi connectivity index (χ0v) is 20.7. The van der Waals surface area contributed by atoms with E-state index in [1.807, 2.05) is 93.6 Å². The Kier molecular flexibility index (Phi) is 7.38. The highest BCUT2D eigenvalue weighted by molar-refractivity contribution is 8.18. The Morgan fingerprint density at radius 3 is 2.38 bits per heavy atom. The van der Waals surface area contributed by atoms with Crippen molar-refractivity contribution in [3.63, 3.8) is 0 Å². The number of amides is 1. The fraction of sp³-hybridized carbons (Fsp3) is 0.214. The fourth-order valence-corrected chi connectivity index (χ4v) is 4.78. The molecule has 4 rings (SSSR count). The largest absolute Gasteiger partial charge is 0.493 e. The van der Waals surface area contributed by atoms with E-state index in [0.717, 1.165) is 27.9 Å². The van der Waals surface area contributed by atoms with Crippen molar-refractivity contribution in [1.29, 1.82) is 0 Å². The van der Waals surface area contributed by atoms with E-state index < -0.39 is 0 Å². The predicted molar refractivity (Wildman–Crippen MR) is 140 cm³/mol. The fourth-order valence-electron chi connectivity index (χ4n) is 3.73. The number of nitrogens with zero attached hydrogens (tertiary/aromatic N) is 2. The van der Waals surface area contributed by atoms with Crippen molar-refractivity contribution in [2.24, 2.45) is 4.99 Å². The second-order valence-electron chi connectivity index (χ2n) is 7.98. The van der Waals surface area contributed by atoms with Gasteiger partial charge in [0, 0.05) is 6.54 Å². The maximum atomic E-state index is 13.1. The van der Waals surface area contributed by atoms with Crippen LogP contribution >= 0.6 is 11.8 Å². The van der Waals surface area contributed by atoms with Crippen molar-refractivity contribution in [2.75, 3.05) is 13.7 Å². The molecule has 3 aromatic carbocycles. The standard InChI is InChI=1S/C28H28N2O3S/c1-5-30-27(31)25(34-28(30)29-26-19(2)10-9-11-20(26)3)17-22-14-15-23(24(16-22)32-4)33-18-21-12-7-6-8-13-21/h6-17H,5,18H2,1-4H3/b25-17+,29-28?. The van der Waals surface area contributed by atoms with Gasteiger partial charge in [0.2, 0.25) is 0 Å². The maximum Gasteiger partial charge on any atom is 0.266 e. The van der Waals surface area contributed by atoms with Crippen molar-refractivity contribution >= 4 is 34.6 Å². The number of hydrogen-bond acceptors (Lipinski definition) is 5. The Morgan fingerprint density at radius 1 is 0.971 bits per heavy atom. The van der Waals surface area contributed by atoms with Gasteiger partial charge in [0.05, 0.1) is 17.7 Å². The summed E-state index contributed by atoms with van der Waals surface area (Å²) in [5.41, 5.74) is 5.04. The Hall–Kier alpha value is -3.51. The van der Waals surface area contributed by atoms with Crippen LogP contribution in [0.5, 0.6) is 11.5 Å². The molecule has 5 nitrogen and oxygen atoms in total. The van der Waals surface area contributed by atoms with E-state index in [2.05, 4.69) is 0 Å². The minimum absolute atomic E-state index is 0.0409. The zero-order chi connectivity index (χ0) is 24.1. The van der Waals surface area contributed by atoms with E-state index in [9.17, 15) is 4.79 Å². The number of methoxy groups -OCH3 is 1. The molecule has 0 aromatic heterocycles. The van der Waals surface area contributed by atoms with Crippen molar-refractivity contribution in [3.05, 3.63) is 93.9 Å². The SMILES string of the molecule is CCN1C(=O)/C(=C\c2ccc(OCc3ccccc3)c(OC)c2)SC1=Nc1c(C)cccc1C. The van der Waals surface area contributed by atoms with Crippen molar-refractivity contribution < 1.29 is 14.3 Å². The quantitative estimate of drug-likeness (QED) is 0.368. The van der Waals surface area contributed by atoms with Gasteiger partial charge in [0.1, 0.15) is 6.61 Å². The topological polar surface area (TPSA) is 51.1 Å². The number of carbonyl (C=O) groups is 1. The third-order valence-electron chi connectivity index (χ3n) is 5.57. The van der Waals surface area contributed by atoms with Gasteiger partial charge < -0.3 is 9.47 Å². The van der Waals surface area contributed by atoms with E-state index in [0.29, 0.717) is 34.7 Å². The molecule has 3 aromatic rings. The molecule has 6 heteroatoms. The van der Waals surface area contributed by atoms with Crippen molar-refractivity contribution in [1.82, 2.24) is 4.90 Å². The summed E-state index contributed by atoms with van der Waals surface area (Å²) in [5.74, 6) is 1.24. The summed E-state index contributed by atoms with van der Waals surface area (Å²) >= 11 is 1.40. The molecular weight excluding hydrogens is 444 g/mol. The molecule has 1 fully saturated rings. The summed E-state index contributed by atoms with van der Waals surface area (Å²) in [6.07, 6.45) is 1.88. The monoisotopic (exact) mass is 472 g/mol. The first-order chi connectivity index (χ1) is 16.5. The van der Waals surface area contributed by atoms with Crippen molar-refractivity contribution in [2.45, 2.75) is 27.4 Å².